The Hall–Kier alpha value is -2.09. The molecule has 0 atom stereocenters. The number of hydrogen-bond acceptors (Lipinski definition) is 1. The average molecular weight is 365 g/mol. The van der Waals surface area contributed by atoms with E-state index in [0.717, 1.165) is 19.3 Å². The number of hydrogen-bond donors (Lipinski definition) is 1. The van der Waals surface area contributed by atoms with Crippen LogP contribution in [0, 0.1) is 0 Å². The van der Waals surface area contributed by atoms with Gasteiger partial charge in [-0.3, -0.25) is 4.79 Å². The van der Waals surface area contributed by atoms with Crippen LogP contribution in [-0.2, 0) is 17.6 Å². The first-order valence-electron chi connectivity index (χ1n) is 10.7. The number of aryl methyl sites for hydroxylation is 1. The van der Waals surface area contributed by atoms with E-state index in [4.69, 9.17) is 5.11 Å². The molecule has 0 heterocycles. The molecule has 0 fully saturated rings. The number of carboxylic acids is 1. The number of rotatable bonds is 12. The highest BCUT2D eigenvalue weighted by atomic mass is 16.4. The monoisotopic (exact) mass is 364 g/mol. The van der Waals surface area contributed by atoms with Crippen molar-refractivity contribution >= 4 is 5.97 Å². The summed E-state index contributed by atoms with van der Waals surface area (Å²) in [6.07, 6.45) is 13.5. The molecule has 1 aliphatic carbocycles. The number of fused-ring (bicyclic) bond motifs is 3. The molecule has 0 unspecified atom stereocenters. The van der Waals surface area contributed by atoms with Crippen molar-refractivity contribution in [2.45, 2.75) is 77.0 Å². The summed E-state index contributed by atoms with van der Waals surface area (Å²) in [7, 11) is 0. The minimum absolute atomic E-state index is 0.328. The lowest BCUT2D eigenvalue weighted by molar-refractivity contribution is -0.137. The van der Waals surface area contributed by atoms with Gasteiger partial charge >= 0.3 is 5.97 Å². The summed E-state index contributed by atoms with van der Waals surface area (Å²) in [4.78, 5) is 10.4. The Bertz CT molecular complexity index is 748. The van der Waals surface area contributed by atoms with E-state index in [0.29, 0.717) is 6.42 Å². The van der Waals surface area contributed by atoms with E-state index in [2.05, 4.69) is 42.5 Å². The summed E-state index contributed by atoms with van der Waals surface area (Å²) in [6.45, 7) is 0. The lowest BCUT2D eigenvalue weighted by Crippen LogP contribution is -1.93. The Morgan fingerprint density at radius 2 is 1.37 bits per heavy atom. The fourth-order valence-electron chi connectivity index (χ4n) is 4.20. The smallest absolute Gasteiger partial charge is 0.303 e. The lowest BCUT2D eigenvalue weighted by atomic mass is 9.99. The standard InChI is InChI=1S/C25H32O2/c26-25(27)15-9-7-5-3-1-2-4-6-8-12-20-16-17-24-22(18-20)19-21-13-10-11-14-23(21)24/h10-11,13-14,16-18H,1-9,12,15,19H2,(H,26,27). The summed E-state index contributed by atoms with van der Waals surface area (Å²) in [6, 6.07) is 15.8. The van der Waals surface area contributed by atoms with Gasteiger partial charge in [-0.05, 0) is 53.5 Å². The van der Waals surface area contributed by atoms with Gasteiger partial charge in [0, 0.05) is 6.42 Å². The Kier molecular flexibility index (Phi) is 7.50. The molecule has 0 saturated carbocycles. The van der Waals surface area contributed by atoms with Gasteiger partial charge in [-0.15, -0.1) is 0 Å². The summed E-state index contributed by atoms with van der Waals surface area (Å²) < 4.78 is 0. The molecular weight excluding hydrogens is 332 g/mol. The minimum atomic E-state index is -0.664. The third kappa shape index (κ3) is 5.95. The topological polar surface area (TPSA) is 37.3 Å². The molecular formula is C25H32O2. The maximum Gasteiger partial charge on any atom is 0.303 e. The molecule has 27 heavy (non-hydrogen) atoms. The molecule has 2 nitrogen and oxygen atoms in total. The number of benzene rings is 2. The van der Waals surface area contributed by atoms with Gasteiger partial charge in [-0.2, -0.15) is 0 Å². The maximum atomic E-state index is 10.4. The first-order chi connectivity index (χ1) is 13.2. The highest BCUT2D eigenvalue weighted by Crippen LogP contribution is 2.36. The van der Waals surface area contributed by atoms with Gasteiger partial charge < -0.3 is 5.11 Å². The van der Waals surface area contributed by atoms with Crippen LogP contribution in [0.2, 0.25) is 0 Å². The molecule has 144 valence electrons. The second-order valence-electron chi connectivity index (χ2n) is 7.90. The molecule has 1 N–H and O–H groups in total. The average Bonchev–Trinajstić information content (AvgIpc) is 3.03. The highest BCUT2D eigenvalue weighted by molar-refractivity contribution is 5.76. The Morgan fingerprint density at radius 3 is 2.11 bits per heavy atom. The van der Waals surface area contributed by atoms with Crippen LogP contribution < -0.4 is 0 Å². The number of carbonyl (C=O) groups is 1. The number of carboxylic acid groups (broad SMARTS) is 1. The SMILES string of the molecule is O=C(O)CCCCCCCCCCCc1ccc2c(c1)Cc1ccccc1-2. The predicted octanol–water partition coefficient (Wildman–Crippen LogP) is 6.79. The fourth-order valence-corrected chi connectivity index (χ4v) is 4.20. The van der Waals surface area contributed by atoms with Crippen LogP contribution in [0.3, 0.4) is 0 Å². The molecule has 0 bridgehead atoms. The van der Waals surface area contributed by atoms with Gasteiger partial charge in [-0.1, -0.05) is 87.4 Å². The maximum absolute atomic E-state index is 10.4. The molecule has 2 aromatic carbocycles. The Balaban J connectivity index is 1.27. The number of unbranched alkanes of at least 4 members (excludes halogenated alkanes) is 8. The molecule has 2 aromatic rings. The largest absolute Gasteiger partial charge is 0.481 e. The molecule has 2 heteroatoms. The van der Waals surface area contributed by atoms with E-state index < -0.39 is 5.97 Å². The van der Waals surface area contributed by atoms with Gasteiger partial charge in [0.25, 0.3) is 0 Å². The predicted molar refractivity (Wildman–Crippen MR) is 112 cm³/mol. The zero-order valence-corrected chi connectivity index (χ0v) is 16.4. The van der Waals surface area contributed by atoms with Crippen molar-refractivity contribution in [2.75, 3.05) is 0 Å². The summed E-state index contributed by atoms with van der Waals surface area (Å²) in [5.74, 6) is -0.664. The van der Waals surface area contributed by atoms with E-state index >= 15 is 0 Å². The zero-order chi connectivity index (χ0) is 18.9. The molecule has 0 radical (unpaired) electrons. The van der Waals surface area contributed by atoms with Crippen molar-refractivity contribution in [3.8, 4) is 11.1 Å². The van der Waals surface area contributed by atoms with E-state index in [9.17, 15) is 4.79 Å². The molecule has 0 amide bonds. The van der Waals surface area contributed by atoms with Crippen molar-refractivity contribution in [3.63, 3.8) is 0 Å². The summed E-state index contributed by atoms with van der Waals surface area (Å²) in [5, 5.41) is 8.61. The van der Waals surface area contributed by atoms with E-state index in [1.54, 1.807) is 0 Å². The Labute approximate surface area is 163 Å². The van der Waals surface area contributed by atoms with Crippen molar-refractivity contribution in [2.24, 2.45) is 0 Å². The Morgan fingerprint density at radius 1 is 0.741 bits per heavy atom. The van der Waals surface area contributed by atoms with Crippen LogP contribution in [0.1, 0.15) is 80.9 Å². The van der Waals surface area contributed by atoms with Crippen LogP contribution in [0.4, 0.5) is 0 Å². The normalized spacial score (nSPS) is 12.0. The molecule has 0 spiro atoms. The molecule has 0 aromatic heterocycles. The van der Waals surface area contributed by atoms with Crippen LogP contribution >= 0.6 is 0 Å². The zero-order valence-electron chi connectivity index (χ0n) is 16.4. The van der Waals surface area contributed by atoms with Crippen LogP contribution in [0.5, 0.6) is 0 Å². The lowest BCUT2D eigenvalue weighted by Gasteiger charge is -2.06. The minimum Gasteiger partial charge on any atom is -0.481 e. The highest BCUT2D eigenvalue weighted by Gasteiger charge is 2.17. The number of aliphatic carboxylic acids is 1. The molecule has 3 rings (SSSR count). The van der Waals surface area contributed by atoms with Gasteiger partial charge in [-0.25, -0.2) is 0 Å². The van der Waals surface area contributed by atoms with Gasteiger partial charge in [0.05, 0.1) is 0 Å². The summed E-state index contributed by atoms with van der Waals surface area (Å²) >= 11 is 0. The third-order valence-corrected chi connectivity index (χ3v) is 5.71. The van der Waals surface area contributed by atoms with Crippen LogP contribution in [0.25, 0.3) is 11.1 Å². The molecule has 1 aliphatic rings. The van der Waals surface area contributed by atoms with Crippen molar-refractivity contribution in [1.29, 1.82) is 0 Å². The second-order valence-corrected chi connectivity index (χ2v) is 7.90. The third-order valence-electron chi connectivity index (χ3n) is 5.71. The van der Waals surface area contributed by atoms with Crippen LogP contribution in [-0.4, -0.2) is 11.1 Å². The molecule has 0 aliphatic heterocycles. The van der Waals surface area contributed by atoms with E-state index in [1.807, 2.05) is 0 Å². The van der Waals surface area contributed by atoms with Gasteiger partial charge in [0.2, 0.25) is 0 Å². The summed E-state index contributed by atoms with van der Waals surface area (Å²) in [5.41, 5.74) is 7.30. The first kappa shape index (κ1) is 19.7. The van der Waals surface area contributed by atoms with E-state index in [1.165, 1.54) is 79.2 Å². The van der Waals surface area contributed by atoms with Crippen molar-refractivity contribution in [3.05, 3.63) is 59.2 Å². The van der Waals surface area contributed by atoms with Crippen LogP contribution in [0.15, 0.2) is 42.5 Å². The van der Waals surface area contributed by atoms with Crippen molar-refractivity contribution in [1.82, 2.24) is 0 Å². The van der Waals surface area contributed by atoms with E-state index in [-0.39, 0.29) is 0 Å². The van der Waals surface area contributed by atoms with Crippen molar-refractivity contribution < 1.29 is 9.90 Å². The second kappa shape index (κ2) is 10.3. The van der Waals surface area contributed by atoms with Gasteiger partial charge in [0.15, 0.2) is 0 Å². The fraction of sp³-hybridized carbons (Fsp3) is 0.480. The quantitative estimate of drug-likeness (QED) is 0.359. The van der Waals surface area contributed by atoms with Gasteiger partial charge in [0.1, 0.15) is 0 Å². The molecule has 0 saturated heterocycles. The first-order valence-corrected chi connectivity index (χ1v) is 10.7.